The molecule has 0 unspecified atom stereocenters. The maximum Gasteiger partial charge on any atom is 0.341 e. The third-order valence-electron chi connectivity index (χ3n) is 3.72. The average molecular weight is 356 g/mol. The zero-order valence-electron chi connectivity index (χ0n) is 14.1. The van der Waals surface area contributed by atoms with E-state index in [0.717, 1.165) is 0 Å². The van der Waals surface area contributed by atoms with Gasteiger partial charge in [-0.25, -0.2) is 4.79 Å². The molecule has 0 aromatic heterocycles. The second kappa shape index (κ2) is 7.18. The molecule has 0 amide bonds. The van der Waals surface area contributed by atoms with Crippen LogP contribution in [0.3, 0.4) is 0 Å². The van der Waals surface area contributed by atoms with Gasteiger partial charge in [0.05, 0.1) is 19.8 Å². The van der Waals surface area contributed by atoms with Gasteiger partial charge >= 0.3 is 5.97 Å². The summed E-state index contributed by atoms with van der Waals surface area (Å²) in [4.78, 5) is 23.1. The fraction of sp³-hybridized carbons (Fsp3) is 0.158. The average Bonchev–Trinajstić information content (AvgIpc) is 2.94. The molecule has 2 aromatic rings. The fourth-order valence-corrected chi connectivity index (χ4v) is 2.57. The van der Waals surface area contributed by atoms with Crippen molar-refractivity contribution < 1.29 is 33.6 Å². The molecule has 0 saturated heterocycles. The van der Waals surface area contributed by atoms with Crippen molar-refractivity contribution in [1.82, 2.24) is 0 Å². The number of rotatable bonds is 6. The van der Waals surface area contributed by atoms with E-state index in [4.69, 9.17) is 24.1 Å². The number of para-hydroxylation sites is 1. The van der Waals surface area contributed by atoms with E-state index in [-0.39, 0.29) is 11.5 Å². The monoisotopic (exact) mass is 356 g/mol. The number of Topliss-reactive ketones (excluding diaryl/α,β-unsaturated/α-hetero) is 1. The molecule has 7 heteroatoms. The van der Waals surface area contributed by atoms with Crippen molar-refractivity contribution in [3.05, 3.63) is 53.3 Å². The summed E-state index contributed by atoms with van der Waals surface area (Å²) in [5.41, 5.74) is 1.01. The van der Waals surface area contributed by atoms with Gasteiger partial charge in [-0.05, 0) is 24.3 Å². The van der Waals surface area contributed by atoms with E-state index >= 15 is 0 Å². The van der Waals surface area contributed by atoms with Gasteiger partial charge in [-0.3, -0.25) is 4.79 Å². The van der Waals surface area contributed by atoms with Gasteiger partial charge < -0.3 is 24.1 Å². The number of ketones is 1. The summed E-state index contributed by atoms with van der Waals surface area (Å²) in [6, 6.07) is 9.85. The first-order chi connectivity index (χ1) is 12.5. The van der Waals surface area contributed by atoms with Crippen LogP contribution in [0.5, 0.6) is 23.0 Å². The molecule has 1 N–H and O–H groups in total. The highest BCUT2D eigenvalue weighted by molar-refractivity contribution is 6.14. The van der Waals surface area contributed by atoms with Gasteiger partial charge in [-0.1, -0.05) is 12.1 Å². The van der Waals surface area contributed by atoms with Crippen molar-refractivity contribution in [2.24, 2.45) is 0 Å². The van der Waals surface area contributed by atoms with Gasteiger partial charge in [-0.15, -0.1) is 0 Å². The molecule has 0 saturated carbocycles. The molecule has 0 radical (unpaired) electrons. The quantitative estimate of drug-likeness (QED) is 0.796. The number of aliphatic carboxylic acids is 1. The Labute approximate surface area is 149 Å². The van der Waals surface area contributed by atoms with Crippen LogP contribution in [0.1, 0.15) is 15.9 Å². The summed E-state index contributed by atoms with van der Waals surface area (Å²) in [6.45, 7) is -0.476. The lowest BCUT2D eigenvalue weighted by atomic mass is 10.1. The highest BCUT2D eigenvalue weighted by atomic mass is 16.5. The van der Waals surface area contributed by atoms with Crippen LogP contribution in [0.25, 0.3) is 6.08 Å². The molecule has 0 spiro atoms. The fourth-order valence-electron chi connectivity index (χ4n) is 2.57. The van der Waals surface area contributed by atoms with Crippen LogP contribution in [-0.2, 0) is 4.79 Å². The second-order valence-electron chi connectivity index (χ2n) is 5.36. The van der Waals surface area contributed by atoms with E-state index in [1.165, 1.54) is 26.4 Å². The largest absolute Gasteiger partial charge is 0.493 e. The Morgan fingerprint density at radius 1 is 1.19 bits per heavy atom. The molecule has 1 aliphatic heterocycles. The predicted molar refractivity (Wildman–Crippen MR) is 92.1 cm³/mol. The molecule has 0 bridgehead atoms. The standard InChI is InChI=1S/C19H16O7/c1-23-14-5-3-4-11(19(14)24-2)8-16-18(22)13-7-6-12(9-15(13)26-16)25-10-17(20)21/h3-9H,10H2,1-2H3,(H,20,21). The topological polar surface area (TPSA) is 91.3 Å². The van der Waals surface area contributed by atoms with Crippen molar-refractivity contribution in [1.29, 1.82) is 0 Å². The summed E-state index contributed by atoms with van der Waals surface area (Å²) >= 11 is 0. The Kier molecular flexibility index (Phi) is 4.79. The molecular weight excluding hydrogens is 340 g/mol. The van der Waals surface area contributed by atoms with Crippen molar-refractivity contribution in [3.63, 3.8) is 0 Å². The Balaban J connectivity index is 1.90. The number of carbonyl (C=O) groups excluding carboxylic acids is 1. The van der Waals surface area contributed by atoms with Crippen molar-refractivity contribution in [2.75, 3.05) is 20.8 Å². The zero-order chi connectivity index (χ0) is 18.7. The van der Waals surface area contributed by atoms with Crippen LogP contribution in [-0.4, -0.2) is 37.7 Å². The van der Waals surface area contributed by atoms with Crippen LogP contribution >= 0.6 is 0 Å². The zero-order valence-corrected chi connectivity index (χ0v) is 14.1. The predicted octanol–water partition coefficient (Wildman–Crippen LogP) is 2.78. The Morgan fingerprint density at radius 2 is 2.00 bits per heavy atom. The van der Waals surface area contributed by atoms with E-state index in [0.29, 0.717) is 34.1 Å². The minimum atomic E-state index is -1.09. The van der Waals surface area contributed by atoms with E-state index in [9.17, 15) is 9.59 Å². The SMILES string of the molecule is COc1cccc(C=C2Oc3cc(OCC(=O)O)ccc3C2=O)c1OC. The van der Waals surface area contributed by atoms with Gasteiger partial charge in [0, 0.05) is 11.6 Å². The first-order valence-electron chi connectivity index (χ1n) is 7.67. The third kappa shape index (κ3) is 3.32. The van der Waals surface area contributed by atoms with E-state index in [2.05, 4.69) is 0 Å². The highest BCUT2D eigenvalue weighted by Crippen LogP contribution is 2.37. The molecule has 26 heavy (non-hydrogen) atoms. The first-order valence-corrected chi connectivity index (χ1v) is 7.67. The Bertz CT molecular complexity index is 899. The molecule has 3 rings (SSSR count). The van der Waals surface area contributed by atoms with Crippen LogP contribution in [0.2, 0.25) is 0 Å². The third-order valence-corrected chi connectivity index (χ3v) is 3.72. The molecule has 1 heterocycles. The summed E-state index contributed by atoms with van der Waals surface area (Å²) in [7, 11) is 3.04. The molecule has 134 valence electrons. The second-order valence-corrected chi connectivity index (χ2v) is 5.36. The normalized spacial score (nSPS) is 13.9. The highest BCUT2D eigenvalue weighted by Gasteiger charge is 2.28. The number of carbonyl (C=O) groups is 2. The number of carboxylic acid groups (broad SMARTS) is 1. The lowest BCUT2D eigenvalue weighted by Gasteiger charge is -2.10. The number of allylic oxidation sites excluding steroid dienone is 1. The number of methoxy groups -OCH3 is 2. The van der Waals surface area contributed by atoms with Gasteiger partial charge in [0.25, 0.3) is 0 Å². The van der Waals surface area contributed by atoms with Crippen molar-refractivity contribution >= 4 is 17.8 Å². The number of carboxylic acids is 1. The molecule has 7 nitrogen and oxygen atoms in total. The lowest BCUT2D eigenvalue weighted by Crippen LogP contribution is -2.09. The van der Waals surface area contributed by atoms with Gasteiger partial charge in [0.15, 0.2) is 23.9 Å². The molecule has 1 aliphatic rings. The van der Waals surface area contributed by atoms with Crippen LogP contribution in [0, 0.1) is 0 Å². The number of ether oxygens (including phenoxy) is 4. The summed E-state index contributed by atoms with van der Waals surface area (Å²) in [5.74, 6) is 0.393. The molecular formula is C19H16O7. The summed E-state index contributed by atoms with van der Waals surface area (Å²) < 4.78 is 21.3. The number of hydrogen-bond donors (Lipinski definition) is 1. The van der Waals surface area contributed by atoms with E-state index < -0.39 is 12.6 Å². The van der Waals surface area contributed by atoms with E-state index in [1.807, 2.05) is 0 Å². The number of hydrogen-bond acceptors (Lipinski definition) is 6. The Morgan fingerprint density at radius 3 is 2.69 bits per heavy atom. The summed E-state index contributed by atoms with van der Waals surface area (Å²) in [6.07, 6.45) is 1.57. The van der Waals surface area contributed by atoms with Gasteiger partial charge in [0.2, 0.25) is 5.78 Å². The smallest absolute Gasteiger partial charge is 0.341 e. The Hall–Kier alpha value is -3.48. The van der Waals surface area contributed by atoms with Crippen LogP contribution in [0.15, 0.2) is 42.2 Å². The van der Waals surface area contributed by atoms with Crippen LogP contribution < -0.4 is 18.9 Å². The van der Waals surface area contributed by atoms with Gasteiger partial charge in [0.1, 0.15) is 11.5 Å². The minimum absolute atomic E-state index is 0.127. The number of benzene rings is 2. The molecule has 2 aromatic carbocycles. The minimum Gasteiger partial charge on any atom is -0.493 e. The van der Waals surface area contributed by atoms with E-state index in [1.54, 1.807) is 30.3 Å². The number of fused-ring (bicyclic) bond motifs is 1. The molecule has 0 atom stereocenters. The molecule has 0 fully saturated rings. The van der Waals surface area contributed by atoms with Crippen molar-refractivity contribution in [2.45, 2.75) is 0 Å². The van der Waals surface area contributed by atoms with Crippen molar-refractivity contribution in [3.8, 4) is 23.0 Å². The van der Waals surface area contributed by atoms with Gasteiger partial charge in [-0.2, -0.15) is 0 Å². The van der Waals surface area contributed by atoms with Crippen LogP contribution in [0.4, 0.5) is 0 Å². The first kappa shape index (κ1) is 17.3. The lowest BCUT2D eigenvalue weighted by molar-refractivity contribution is -0.139. The summed E-state index contributed by atoms with van der Waals surface area (Å²) in [5, 5.41) is 8.67. The maximum atomic E-state index is 12.5. The maximum absolute atomic E-state index is 12.5. The molecule has 0 aliphatic carbocycles.